The van der Waals surface area contributed by atoms with Gasteiger partial charge in [-0.1, -0.05) is 6.07 Å². The van der Waals surface area contributed by atoms with E-state index in [-0.39, 0.29) is 24.8 Å². The molecule has 1 unspecified atom stereocenters. The van der Waals surface area contributed by atoms with Gasteiger partial charge in [0.25, 0.3) is 0 Å². The molecule has 1 aliphatic heterocycles. The van der Waals surface area contributed by atoms with Gasteiger partial charge in [0.05, 0.1) is 6.61 Å². The molecule has 1 atom stereocenters. The molecule has 1 N–H and O–H groups in total. The van der Waals surface area contributed by atoms with Crippen molar-refractivity contribution < 1.29 is 4.74 Å². The van der Waals surface area contributed by atoms with Crippen molar-refractivity contribution in [1.29, 1.82) is 0 Å². The maximum absolute atomic E-state index is 5.68. The van der Waals surface area contributed by atoms with Crippen molar-refractivity contribution in [3.05, 3.63) is 23.9 Å². The summed E-state index contributed by atoms with van der Waals surface area (Å²) < 4.78 is 5.68. The molecule has 1 fully saturated rings. The number of ether oxygens (including phenoxy) is 1. The zero-order valence-corrected chi connectivity index (χ0v) is 11.6. The van der Waals surface area contributed by atoms with E-state index in [0.717, 1.165) is 31.3 Å². The molecule has 0 aromatic carbocycles. The minimum Gasteiger partial charge on any atom is -0.477 e. The lowest BCUT2D eigenvalue weighted by Crippen LogP contribution is -2.33. The summed E-state index contributed by atoms with van der Waals surface area (Å²) in [6.07, 6.45) is 2.52. The molecule has 0 amide bonds. The van der Waals surface area contributed by atoms with Gasteiger partial charge < -0.3 is 10.1 Å². The number of aromatic nitrogens is 1. The van der Waals surface area contributed by atoms with E-state index in [2.05, 4.69) is 10.3 Å². The molecule has 98 valence electrons. The molecule has 5 heteroatoms. The van der Waals surface area contributed by atoms with Gasteiger partial charge in [-0.3, -0.25) is 0 Å². The van der Waals surface area contributed by atoms with Crippen molar-refractivity contribution >= 4 is 24.8 Å². The van der Waals surface area contributed by atoms with Crippen LogP contribution < -0.4 is 10.1 Å². The number of nitrogens with zero attached hydrogens (tertiary/aromatic N) is 1. The summed E-state index contributed by atoms with van der Waals surface area (Å²) in [4.78, 5) is 4.31. The number of pyridine rings is 1. The second-order valence-electron chi connectivity index (χ2n) is 4.14. The molecule has 2 heterocycles. The van der Waals surface area contributed by atoms with Crippen LogP contribution in [0.3, 0.4) is 0 Å². The minimum atomic E-state index is 0. The van der Waals surface area contributed by atoms with E-state index < -0.39 is 0 Å². The highest BCUT2D eigenvalue weighted by molar-refractivity contribution is 5.85. The minimum absolute atomic E-state index is 0. The van der Waals surface area contributed by atoms with Gasteiger partial charge in [0, 0.05) is 24.2 Å². The molecule has 0 saturated carbocycles. The normalized spacial score (nSPS) is 18.8. The van der Waals surface area contributed by atoms with Gasteiger partial charge in [0.1, 0.15) is 0 Å². The molecule has 1 saturated heterocycles. The molecule has 0 bridgehead atoms. The van der Waals surface area contributed by atoms with E-state index in [9.17, 15) is 0 Å². The average Bonchev–Trinajstić information content (AvgIpc) is 2.28. The van der Waals surface area contributed by atoms with Crippen LogP contribution in [0.2, 0.25) is 0 Å². The third-order valence-corrected chi connectivity index (χ3v) is 2.73. The number of nitrogens with one attached hydrogen (secondary N) is 1. The van der Waals surface area contributed by atoms with Crippen LogP contribution in [0.5, 0.6) is 5.88 Å². The Balaban J connectivity index is 0.00000128. The summed E-state index contributed by atoms with van der Waals surface area (Å²) in [7, 11) is 0. The van der Waals surface area contributed by atoms with Crippen LogP contribution in [0.15, 0.2) is 18.2 Å². The highest BCUT2D eigenvalue weighted by Crippen LogP contribution is 2.13. The van der Waals surface area contributed by atoms with Crippen molar-refractivity contribution in [2.75, 3.05) is 19.7 Å². The quantitative estimate of drug-likeness (QED) is 0.923. The monoisotopic (exact) mass is 278 g/mol. The van der Waals surface area contributed by atoms with Gasteiger partial charge in [-0.15, -0.1) is 24.8 Å². The fourth-order valence-corrected chi connectivity index (χ4v) is 1.87. The van der Waals surface area contributed by atoms with E-state index in [4.69, 9.17) is 4.74 Å². The number of hydrogen-bond donors (Lipinski definition) is 1. The first kappa shape index (κ1) is 16.5. The molecule has 17 heavy (non-hydrogen) atoms. The van der Waals surface area contributed by atoms with E-state index in [0.29, 0.717) is 5.92 Å². The van der Waals surface area contributed by atoms with Crippen LogP contribution in [0.4, 0.5) is 0 Å². The Bertz CT molecular complexity index is 317. The summed E-state index contributed by atoms with van der Waals surface area (Å²) in [5.74, 6) is 1.39. The van der Waals surface area contributed by atoms with E-state index in [1.54, 1.807) is 0 Å². The van der Waals surface area contributed by atoms with E-state index in [1.807, 2.05) is 25.1 Å². The smallest absolute Gasteiger partial charge is 0.213 e. The first-order valence-electron chi connectivity index (χ1n) is 5.62. The van der Waals surface area contributed by atoms with Crippen LogP contribution in [-0.4, -0.2) is 24.7 Å². The molecule has 1 aromatic rings. The fourth-order valence-electron chi connectivity index (χ4n) is 1.87. The van der Waals surface area contributed by atoms with Crippen LogP contribution in [0.1, 0.15) is 18.5 Å². The number of piperidine rings is 1. The van der Waals surface area contributed by atoms with Gasteiger partial charge >= 0.3 is 0 Å². The Morgan fingerprint density at radius 2 is 2.24 bits per heavy atom. The highest BCUT2D eigenvalue weighted by Gasteiger charge is 2.13. The molecule has 2 rings (SSSR count). The standard InChI is InChI=1S/C12H18N2O.2ClH/c1-10-4-2-6-12(14-10)15-9-11-5-3-7-13-8-11;;/h2,4,6,11,13H,3,5,7-9H2,1H3;2*1H. The summed E-state index contributed by atoms with van der Waals surface area (Å²) >= 11 is 0. The van der Waals surface area contributed by atoms with Crippen molar-refractivity contribution in [2.24, 2.45) is 5.92 Å². The lowest BCUT2D eigenvalue weighted by atomic mass is 10.0. The zero-order valence-electron chi connectivity index (χ0n) is 10.0. The maximum Gasteiger partial charge on any atom is 0.213 e. The Labute approximate surface area is 115 Å². The second-order valence-corrected chi connectivity index (χ2v) is 4.14. The zero-order chi connectivity index (χ0) is 10.5. The van der Waals surface area contributed by atoms with Gasteiger partial charge in [0.2, 0.25) is 5.88 Å². The van der Waals surface area contributed by atoms with Gasteiger partial charge in [0.15, 0.2) is 0 Å². The first-order chi connectivity index (χ1) is 7.34. The van der Waals surface area contributed by atoms with Crippen molar-refractivity contribution in [3.63, 3.8) is 0 Å². The Hall–Kier alpha value is -0.510. The number of halogens is 2. The average molecular weight is 279 g/mol. The first-order valence-corrected chi connectivity index (χ1v) is 5.62. The number of aryl methyl sites for hydroxylation is 1. The summed E-state index contributed by atoms with van der Waals surface area (Å²) in [5.41, 5.74) is 1.01. The summed E-state index contributed by atoms with van der Waals surface area (Å²) in [6.45, 7) is 4.99. The topological polar surface area (TPSA) is 34.1 Å². The third-order valence-electron chi connectivity index (χ3n) is 2.73. The number of hydrogen-bond acceptors (Lipinski definition) is 3. The van der Waals surface area contributed by atoms with Crippen LogP contribution in [0, 0.1) is 12.8 Å². The molecule has 0 radical (unpaired) electrons. The van der Waals surface area contributed by atoms with E-state index in [1.165, 1.54) is 12.8 Å². The van der Waals surface area contributed by atoms with Crippen molar-refractivity contribution in [2.45, 2.75) is 19.8 Å². The number of rotatable bonds is 3. The van der Waals surface area contributed by atoms with Gasteiger partial charge in [-0.25, -0.2) is 4.98 Å². The molecule has 1 aliphatic rings. The summed E-state index contributed by atoms with van der Waals surface area (Å²) in [6, 6.07) is 5.88. The summed E-state index contributed by atoms with van der Waals surface area (Å²) in [5, 5.41) is 3.38. The molecule has 3 nitrogen and oxygen atoms in total. The molecule has 0 aliphatic carbocycles. The fraction of sp³-hybridized carbons (Fsp3) is 0.583. The van der Waals surface area contributed by atoms with E-state index >= 15 is 0 Å². The predicted octanol–water partition coefficient (Wildman–Crippen LogP) is 2.61. The van der Waals surface area contributed by atoms with Gasteiger partial charge in [-0.2, -0.15) is 0 Å². The maximum atomic E-state index is 5.68. The largest absolute Gasteiger partial charge is 0.477 e. The van der Waals surface area contributed by atoms with Crippen LogP contribution in [-0.2, 0) is 0 Å². The van der Waals surface area contributed by atoms with Crippen LogP contribution in [0.25, 0.3) is 0 Å². The molecule has 1 aromatic heterocycles. The van der Waals surface area contributed by atoms with Crippen LogP contribution >= 0.6 is 24.8 Å². The third kappa shape index (κ3) is 5.57. The lowest BCUT2D eigenvalue weighted by molar-refractivity contribution is 0.212. The molecular formula is C12H20Cl2N2O. The molecular weight excluding hydrogens is 259 g/mol. The van der Waals surface area contributed by atoms with Gasteiger partial charge in [-0.05, 0) is 32.4 Å². The highest BCUT2D eigenvalue weighted by atomic mass is 35.5. The Kier molecular flexibility index (Phi) is 8.30. The Morgan fingerprint density at radius 3 is 2.88 bits per heavy atom. The molecule has 0 spiro atoms. The Morgan fingerprint density at radius 1 is 1.41 bits per heavy atom. The SMILES string of the molecule is Cc1cccc(OCC2CCCNC2)n1.Cl.Cl. The lowest BCUT2D eigenvalue weighted by Gasteiger charge is -2.22. The predicted molar refractivity (Wildman–Crippen MR) is 74.6 cm³/mol. The van der Waals surface area contributed by atoms with Crippen molar-refractivity contribution in [1.82, 2.24) is 10.3 Å². The second kappa shape index (κ2) is 8.56. The van der Waals surface area contributed by atoms with Crippen molar-refractivity contribution in [3.8, 4) is 5.88 Å².